The van der Waals surface area contributed by atoms with Gasteiger partial charge in [-0.1, -0.05) is 15.9 Å². The minimum absolute atomic E-state index is 0.0697. The number of benzene rings is 2. The van der Waals surface area contributed by atoms with Crippen LogP contribution in [0.5, 0.6) is 0 Å². The third-order valence-electron chi connectivity index (χ3n) is 3.39. The average Bonchev–Trinajstić information content (AvgIpc) is 2.49. The van der Waals surface area contributed by atoms with E-state index in [4.69, 9.17) is 0 Å². The van der Waals surface area contributed by atoms with Crippen molar-refractivity contribution in [3.63, 3.8) is 0 Å². The third kappa shape index (κ3) is 2.63. The monoisotopic (exact) mass is 379 g/mol. The van der Waals surface area contributed by atoms with Crippen molar-refractivity contribution in [1.29, 1.82) is 0 Å². The first-order valence-corrected chi connectivity index (χ1v) is 7.22. The lowest BCUT2D eigenvalue weighted by Crippen LogP contribution is -2.18. The molecule has 0 atom stereocenters. The van der Waals surface area contributed by atoms with Crippen molar-refractivity contribution in [2.24, 2.45) is 0 Å². The largest absolute Gasteiger partial charge is 0.477 e. The van der Waals surface area contributed by atoms with Crippen LogP contribution in [0.2, 0.25) is 0 Å². The first kappa shape index (κ1) is 15.4. The number of carbonyl (C=O) groups is 1. The number of aromatic carboxylic acids is 1. The van der Waals surface area contributed by atoms with Crippen molar-refractivity contribution in [2.75, 3.05) is 0 Å². The molecule has 3 rings (SSSR count). The molecular formula is C16H8BrF2NO3. The highest BCUT2D eigenvalue weighted by molar-refractivity contribution is 9.10. The zero-order valence-corrected chi connectivity index (χ0v) is 12.9. The Morgan fingerprint density at radius 3 is 2.48 bits per heavy atom. The van der Waals surface area contributed by atoms with Gasteiger partial charge in [0.15, 0.2) is 11.6 Å². The Hall–Kier alpha value is -2.54. The molecule has 0 amide bonds. The summed E-state index contributed by atoms with van der Waals surface area (Å²) in [6, 6.07) is 7.63. The van der Waals surface area contributed by atoms with Crippen molar-refractivity contribution < 1.29 is 18.7 Å². The fourth-order valence-electron chi connectivity index (χ4n) is 2.34. The molecule has 0 radical (unpaired) electrons. The zero-order valence-electron chi connectivity index (χ0n) is 11.4. The summed E-state index contributed by atoms with van der Waals surface area (Å²) in [5, 5.41) is 9.54. The molecule has 1 heterocycles. The van der Waals surface area contributed by atoms with E-state index >= 15 is 0 Å². The second kappa shape index (κ2) is 5.58. The van der Waals surface area contributed by atoms with E-state index in [9.17, 15) is 23.5 Å². The number of halogens is 3. The lowest BCUT2D eigenvalue weighted by molar-refractivity contribution is 0.0696. The fourth-order valence-corrected chi connectivity index (χ4v) is 2.70. The highest BCUT2D eigenvalue weighted by Crippen LogP contribution is 2.25. The van der Waals surface area contributed by atoms with Gasteiger partial charge in [-0.15, -0.1) is 0 Å². The van der Waals surface area contributed by atoms with Gasteiger partial charge in [-0.05, 0) is 36.4 Å². The summed E-state index contributed by atoms with van der Waals surface area (Å²) in [6.45, 7) is 0. The van der Waals surface area contributed by atoms with Gasteiger partial charge in [0, 0.05) is 15.4 Å². The smallest absolute Gasteiger partial charge is 0.341 e. The van der Waals surface area contributed by atoms with Crippen molar-refractivity contribution >= 4 is 32.8 Å². The number of nitrogens with one attached hydrogen (secondary N) is 1. The second-order valence-corrected chi connectivity index (χ2v) is 5.74. The number of H-pyrrole nitrogens is 1. The quantitative estimate of drug-likeness (QED) is 0.708. The van der Waals surface area contributed by atoms with Gasteiger partial charge in [-0.3, -0.25) is 4.79 Å². The summed E-state index contributed by atoms with van der Waals surface area (Å²) in [5.74, 6) is -3.64. The van der Waals surface area contributed by atoms with E-state index in [1.165, 1.54) is 12.1 Å². The number of fused-ring (bicyclic) bond motifs is 1. The van der Waals surface area contributed by atoms with E-state index in [-0.39, 0.29) is 16.6 Å². The first-order valence-electron chi connectivity index (χ1n) is 6.42. The van der Waals surface area contributed by atoms with Gasteiger partial charge >= 0.3 is 5.97 Å². The summed E-state index contributed by atoms with van der Waals surface area (Å²) in [4.78, 5) is 26.7. The van der Waals surface area contributed by atoms with Crippen molar-refractivity contribution in [3.8, 4) is 11.3 Å². The molecule has 2 N–H and O–H groups in total. The van der Waals surface area contributed by atoms with E-state index in [2.05, 4.69) is 20.9 Å². The number of carboxylic acids is 1. The van der Waals surface area contributed by atoms with Gasteiger partial charge in [-0.2, -0.15) is 0 Å². The van der Waals surface area contributed by atoms with Crippen molar-refractivity contribution in [3.05, 3.63) is 68.3 Å². The third-order valence-corrected chi connectivity index (χ3v) is 3.88. The Morgan fingerprint density at radius 1 is 1.09 bits per heavy atom. The summed E-state index contributed by atoms with van der Waals surface area (Å²) in [6.07, 6.45) is 0. The van der Waals surface area contributed by atoms with Gasteiger partial charge in [-0.25, -0.2) is 13.6 Å². The van der Waals surface area contributed by atoms with Crippen LogP contribution >= 0.6 is 15.9 Å². The SMILES string of the molecule is O=C(O)c1c(-c2ccc(F)c(F)c2)[nH]c2cc(Br)ccc2c1=O. The summed E-state index contributed by atoms with van der Waals surface area (Å²) in [7, 11) is 0. The normalized spacial score (nSPS) is 10.9. The van der Waals surface area contributed by atoms with Crippen LogP contribution in [0, 0.1) is 11.6 Å². The molecule has 116 valence electrons. The van der Waals surface area contributed by atoms with Crippen LogP contribution in [0.25, 0.3) is 22.2 Å². The molecule has 1 aromatic heterocycles. The molecule has 0 aliphatic heterocycles. The van der Waals surface area contributed by atoms with E-state index in [1.807, 2.05) is 0 Å². The lowest BCUT2D eigenvalue weighted by atomic mass is 10.0. The molecule has 23 heavy (non-hydrogen) atoms. The van der Waals surface area contributed by atoms with Gasteiger partial charge in [0.25, 0.3) is 0 Å². The fraction of sp³-hybridized carbons (Fsp3) is 0. The topological polar surface area (TPSA) is 70.2 Å². The Kier molecular flexibility index (Phi) is 3.73. The number of carboxylic acid groups (broad SMARTS) is 1. The average molecular weight is 380 g/mol. The molecular weight excluding hydrogens is 372 g/mol. The second-order valence-electron chi connectivity index (χ2n) is 4.83. The minimum atomic E-state index is -1.45. The molecule has 0 saturated heterocycles. The standard InChI is InChI=1S/C16H8BrF2NO3/c17-8-2-3-9-12(6-8)20-14(13(15(9)21)16(22)23)7-1-4-10(18)11(19)5-7/h1-6H,(H,20,21)(H,22,23). The van der Waals surface area contributed by atoms with Crippen LogP contribution in [0.1, 0.15) is 10.4 Å². The number of aromatic amines is 1. The maximum atomic E-state index is 13.5. The molecule has 0 fully saturated rings. The predicted octanol–water partition coefficient (Wildman–Crippen LogP) is 3.93. The van der Waals surface area contributed by atoms with Crippen LogP contribution in [0.4, 0.5) is 8.78 Å². The molecule has 7 heteroatoms. The molecule has 0 aliphatic carbocycles. The molecule has 4 nitrogen and oxygen atoms in total. The molecule has 0 spiro atoms. The predicted molar refractivity (Wildman–Crippen MR) is 84.6 cm³/mol. The number of hydrogen-bond donors (Lipinski definition) is 2. The Labute approximate surface area is 136 Å². The van der Waals surface area contributed by atoms with Gasteiger partial charge in [0.1, 0.15) is 5.56 Å². The molecule has 3 aromatic rings. The Bertz CT molecular complexity index is 1010. The Balaban J connectivity index is 2.42. The number of hydrogen-bond acceptors (Lipinski definition) is 2. The summed E-state index contributed by atoms with van der Waals surface area (Å²) >= 11 is 3.26. The van der Waals surface area contributed by atoms with Crippen LogP contribution in [0.3, 0.4) is 0 Å². The first-order chi connectivity index (χ1) is 10.9. The molecule has 0 saturated carbocycles. The molecule has 0 unspecified atom stereocenters. The van der Waals surface area contributed by atoms with Crippen molar-refractivity contribution in [2.45, 2.75) is 0 Å². The van der Waals surface area contributed by atoms with E-state index < -0.39 is 28.6 Å². The minimum Gasteiger partial charge on any atom is -0.477 e. The van der Waals surface area contributed by atoms with Gasteiger partial charge < -0.3 is 10.1 Å². The van der Waals surface area contributed by atoms with Crippen LogP contribution in [-0.4, -0.2) is 16.1 Å². The highest BCUT2D eigenvalue weighted by Gasteiger charge is 2.20. The number of aromatic nitrogens is 1. The van der Waals surface area contributed by atoms with E-state index in [0.29, 0.717) is 9.99 Å². The van der Waals surface area contributed by atoms with Crippen LogP contribution in [0.15, 0.2) is 45.7 Å². The van der Waals surface area contributed by atoms with Crippen LogP contribution < -0.4 is 5.43 Å². The molecule has 0 aliphatic rings. The summed E-state index contributed by atoms with van der Waals surface area (Å²) < 4.78 is 27.2. The highest BCUT2D eigenvalue weighted by atomic mass is 79.9. The number of pyridine rings is 1. The van der Waals surface area contributed by atoms with Gasteiger partial charge in [0.05, 0.1) is 11.2 Å². The van der Waals surface area contributed by atoms with Gasteiger partial charge in [0.2, 0.25) is 5.43 Å². The van der Waals surface area contributed by atoms with E-state index in [0.717, 1.165) is 12.1 Å². The number of rotatable bonds is 2. The maximum Gasteiger partial charge on any atom is 0.341 e. The Morgan fingerprint density at radius 2 is 1.83 bits per heavy atom. The van der Waals surface area contributed by atoms with Crippen molar-refractivity contribution in [1.82, 2.24) is 4.98 Å². The summed E-state index contributed by atoms with van der Waals surface area (Å²) in [5.41, 5.74) is -0.842. The van der Waals surface area contributed by atoms with E-state index in [1.54, 1.807) is 12.1 Å². The maximum absolute atomic E-state index is 13.5. The zero-order chi connectivity index (χ0) is 16.7. The molecule has 2 aromatic carbocycles. The van der Waals surface area contributed by atoms with Crippen LogP contribution in [-0.2, 0) is 0 Å². The molecule has 0 bridgehead atoms. The lowest BCUT2D eigenvalue weighted by Gasteiger charge is -2.09.